The molecule has 2 aromatic carbocycles. The molecule has 0 N–H and O–H groups in total. The predicted octanol–water partition coefficient (Wildman–Crippen LogP) is 4.26. The number of benzene rings is 2. The zero-order chi connectivity index (χ0) is 21.4. The summed E-state index contributed by atoms with van der Waals surface area (Å²) in [5.74, 6) is 0.823. The molecule has 154 valence electrons. The molecule has 0 aromatic heterocycles. The third kappa shape index (κ3) is 5.94. The number of methoxy groups -OCH3 is 2. The molecule has 0 saturated heterocycles. The van der Waals surface area contributed by atoms with E-state index in [4.69, 9.17) is 25.9 Å². The Hall–Kier alpha value is -3.10. The van der Waals surface area contributed by atoms with E-state index < -0.39 is 10.8 Å². The number of likely N-dealkylation sites (N-methyl/N-ethyl adjacent to an activating group) is 1. The zero-order valence-electron chi connectivity index (χ0n) is 16.3. The van der Waals surface area contributed by atoms with E-state index in [-0.39, 0.29) is 17.3 Å². The first-order valence-corrected chi connectivity index (χ1v) is 9.04. The van der Waals surface area contributed by atoms with Crippen LogP contribution in [0.5, 0.6) is 11.5 Å². The normalized spacial score (nSPS) is 10.8. The van der Waals surface area contributed by atoms with Crippen LogP contribution in [-0.4, -0.2) is 36.7 Å². The van der Waals surface area contributed by atoms with Gasteiger partial charge >= 0.3 is 0 Å². The lowest BCUT2D eigenvalue weighted by Gasteiger charge is -2.19. The van der Waals surface area contributed by atoms with Crippen molar-refractivity contribution in [3.8, 4) is 11.5 Å². The molecule has 0 fully saturated rings. The molecule has 9 heteroatoms. The molecule has 8 nitrogen and oxygen atoms in total. The maximum atomic E-state index is 12.4. The van der Waals surface area contributed by atoms with Gasteiger partial charge in [-0.2, -0.15) is 0 Å². The lowest BCUT2D eigenvalue weighted by atomic mass is 10.2. The Kier molecular flexibility index (Phi) is 7.99. The quantitative estimate of drug-likeness (QED) is 0.342. The van der Waals surface area contributed by atoms with Crippen LogP contribution < -0.4 is 9.47 Å². The number of amides is 1. The van der Waals surface area contributed by atoms with Crippen molar-refractivity contribution in [2.24, 2.45) is 0 Å². The number of rotatable bonds is 9. The Labute approximate surface area is 173 Å². The summed E-state index contributed by atoms with van der Waals surface area (Å²) in [6, 6.07) is 9.58. The molecule has 0 radical (unpaired) electrons. The van der Waals surface area contributed by atoms with Gasteiger partial charge in [-0.05, 0) is 36.8 Å². The number of nitro benzene ring substituents is 1. The highest BCUT2D eigenvalue weighted by atomic mass is 35.5. The van der Waals surface area contributed by atoms with Crippen LogP contribution >= 0.6 is 11.6 Å². The van der Waals surface area contributed by atoms with Crippen LogP contribution in [0, 0.1) is 10.1 Å². The maximum absolute atomic E-state index is 12.4. The van der Waals surface area contributed by atoms with Crippen molar-refractivity contribution in [1.29, 1.82) is 0 Å². The van der Waals surface area contributed by atoms with Crippen molar-refractivity contribution in [1.82, 2.24) is 5.06 Å². The Morgan fingerprint density at radius 1 is 1.21 bits per heavy atom. The molecular weight excluding hydrogens is 400 g/mol. The first kappa shape index (κ1) is 22.2. The van der Waals surface area contributed by atoms with E-state index in [0.717, 1.165) is 5.56 Å². The topological polar surface area (TPSA) is 91.1 Å². The number of nitrogens with zero attached hydrogens (tertiary/aromatic N) is 2. The number of nitro groups is 1. The van der Waals surface area contributed by atoms with Crippen LogP contribution in [-0.2, 0) is 16.2 Å². The third-order valence-electron chi connectivity index (χ3n) is 3.99. The van der Waals surface area contributed by atoms with E-state index >= 15 is 0 Å². The van der Waals surface area contributed by atoms with Crippen LogP contribution in [0.2, 0.25) is 5.02 Å². The summed E-state index contributed by atoms with van der Waals surface area (Å²) >= 11 is 5.79. The first-order chi connectivity index (χ1) is 13.9. The van der Waals surface area contributed by atoms with Gasteiger partial charge in [-0.15, -0.1) is 0 Å². The molecular formula is C20H21ClN2O6. The minimum Gasteiger partial charge on any atom is -0.497 e. The van der Waals surface area contributed by atoms with E-state index in [1.54, 1.807) is 38.3 Å². The predicted molar refractivity (Wildman–Crippen MR) is 109 cm³/mol. The fourth-order valence-electron chi connectivity index (χ4n) is 2.45. The third-order valence-corrected chi connectivity index (χ3v) is 4.31. The van der Waals surface area contributed by atoms with Gasteiger partial charge in [-0.25, -0.2) is 5.06 Å². The van der Waals surface area contributed by atoms with E-state index in [9.17, 15) is 14.9 Å². The standard InChI is InChI=1S/C20H21ClN2O6/c1-4-22(29-13-15-7-8-16(27-2)12-19(15)28-3)20(24)10-6-14-5-9-17(21)18(11-14)23(25)26/h5-12H,4,13H2,1-3H3. The molecule has 1 amide bonds. The second-order valence-corrected chi connectivity index (χ2v) is 6.19. The monoisotopic (exact) mass is 420 g/mol. The zero-order valence-corrected chi connectivity index (χ0v) is 17.0. The largest absolute Gasteiger partial charge is 0.497 e. The second kappa shape index (κ2) is 10.4. The number of carbonyl (C=O) groups excluding carboxylic acids is 1. The van der Waals surface area contributed by atoms with Crippen LogP contribution in [0.25, 0.3) is 6.08 Å². The summed E-state index contributed by atoms with van der Waals surface area (Å²) in [5.41, 5.74) is 0.996. The van der Waals surface area contributed by atoms with Crippen LogP contribution in [0.3, 0.4) is 0 Å². The SMILES string of the molecule is CCN(OCc1ccc(OC)cc1OC)C(=O)C=Cc1ccc(Cl)c([N+](=O)[O-])c1. The van der Waals surface area contributed by atoms with Gasteiger partial charge in [0, 0.05) is 30.3 Å². The Morgan fingerprint density at radius 2 is 1.97 bits per heavy atom. The summed E-state index contributed by atoms with van der Waals surface area (Å²) < 4.78 is 10.5. The molecule has 0 atom stereocenters. The number of carbonyl (C=O) groups is 1. The van der Waals surface area contributed by atoms with E-state index in [1.165, 1.54) is 36.5 Å². The van der Waals surface area contributed by atoms with Crippen LogP contribution in [0.15, 0.2) is 42.5 Å². The molecule has 0 bridgehead atoms. The van der Waals surface area contributed by atoms with Gasteiger partial charge in [0.2, 0.25) is 0 Å². The van der Waals surface area contributed by atoms with E-state index in [0.29, 0.717) is 23.6 Å². The smallest absolute Gasteiger partial charge is 0.288 e. The summed E-state index contributed by atoms with van der Waals surface area (Å²) in [6.45, 7) is 2.19. The number of hydroxylamine groups is 2. The van der Waals surface area contributed by atoms with Crippen molar-refractivity contribution in [2.75, 3.05) is 20.8 Å². The Balaban J connectivity index is 2.07. The van der Waals surface area contributed by atoms with E-state index in [2.05, 4.69) is 0 Å². The number of hydrogen-bond donors (Lipinski definition) is 0. The van der Waals surface area contributed by atoms with Crippen molar-refractivity contribution in [3.63, 3.8) is 0 Å². The van der Waals surface area contributed by atoms with E-state index in [1.807, 2.05) is 0 Å². The highest BCUT2D eigenvalue weighted by Crippen LogP contribution is 2.26. The molecule has 0 unspecified atom stereocenters. The molecule has 29 heavy (non-hydrogen) atoms. The van der Waals surface area contributed by atoms with Gasteiger partial charge < -0.3 is 9.47 Å². The van der Waals surface area contributed by atoms with Crippen molar-refractivity contribution < 1.29 is 24.0 Å². The molecule has 0 saturated carbocycles. The van der Waals surface area contributed by atoms with Gasteiger partial charge in [0.15, 0.2) is 0 Å². The summed E-state index contributed by atoms with van der Waals surface area (Å²) in [5, 5.41) is 12.2. The lowest BCUT2D eigenvalue weighted by molar-refractivity contribution is -0.384. The Morgan fingerprint density at radius 3 is 2.59 bits per heavy atom. The van der Waals surface area contributed by atoms with Crippen molar-refractivity contribution >= 4 is 29.3 Å². The maximum Gasteiger partial charge on any atom is 0.288 e. The number of halogens is 1. The summed E-state index contributed by atoms with van der Waals surface area (Å²) in [7, 11) is 3.10. The molecule has 0 aliphatic heterocycles. The first-order valence-electron chi connectivity index (χ1n) is 8.67. The molecule has 0 spiro atoms. The average Bonchev–Trinajstić information content (AvgIpc) is 2.73. The van der Waals surface area contributed by atoms with Gasteiger partial charge in [0.05, 0.1) is 19.1 Å². The second-order valence-electron chi connectivity index (χ2n) is 5.79. The molecule has 2 aromatic rings. The van der Waals surface area contributed by atoms with Crippen LogP contribution in [0.4, 0.5) is 5.69 Å². The fraction of sp³-hybridized carbons (Fsp3) is 0.250. The molecule has 0 aliphatic rings. The van der Waals surface area contributed by atoms with Gasteiger partial charge in [-0.3, -0.25) is 19.7 Å². The average molecular weight is 421 g/mol. The number of ether oxygens (including phenoxy) is 2. The Bertz CT molecular complexity index is 916. The molecule has 2 rings (SSSR count). The van der Waals surface area contributed by atoms with Gasteiger partial charge in [0.25, 0.3) is 11.6 Å². The highest BCUT2D eigenvalue weighted by molar-refractivity contribution is 6.32. The minimum absolute atomic E-state index is 0.0328. The summed E-state index contributed by atoms with van der Waals surface area (Å²) in [4.78, 5) is 28.4. The van der Waals surface area contributed by atoms with Gasteiger partial charge in [0.1, 0.15) is 23.1 Å². The minimum atomic E-state index is -0.578. The van der Waals surface area contributed by atoms with Crippen molar-refractivity contribution in [3.05, 3.63) is 68.7 Å². The van der Waals surface area contributed by atoms with Gasteiger partial charge in [-0.1, -0.05) is 17.7 Å². The molecule has 0 heterocycles. The van der Waals surface area contributed by atoms with Crippen LogP contribution in [0.1, 0.15) is 18.1 Å². The molecule has 0 aliphatic carbocycles. The highest BCUT2D eigenvalue weighted by Gasteiger charge is 2.14. The fourth-order valence-corrected chi connectivity index (χ4v) is 2.64. The summed E-state index contributed by atoms with van der Waals surface area (Å²) in [6.07, 6.45) is 2.74. The lowest BCUT2D eigenvalue weighted by Crippen LogP contribution is -2.29. The van der Waals surface area contributed by atoms with Crippen molar-refractivity contribution in [2.45, 2.75) is 13.5 Å². The number of hydrogen-bond acceptors (Lipinski definition) is 6.